The monoisotopic (exact) mass is 285 g/mol. The van der Waals surface area contributed by atoms with Gasteiger partial charge >= 0.3 is 0 Å². The second-order valence-corrected chi connectivity index (χ2v) is 5.18. The summed E-state index contributed by atoms with van der Waals surface area (Å²) in [4.78, 5) is 4.44. The Kier molecular flexibility index (Phi) is 3.16. The van der Waals surface area contributed by atoms with Gasteiger partial charge in [-0.25, -0.2) is 0 Å². The second-order valence-electron chi connectivity index (χ2n) is 5.18. The molecule has 3 heteroatoms. The molecule has 22 heavy (non-hydrogen) atoms. The molecule has 0 saturated heterocycles. The fourth-order valence-electron chi connectivity index (χ4n) is 2.66. The molecule has 0 N–H and O–H groups in total. The minimum atomic E-state index is 0.793. The van der Waals surface area contributed by atoms with E-state index in [0.717, 1.165) is 23.4 Å². The molecular weight excluding hydrogens is 270 g/mol. The number of benzene rings is 2. The summed E-state index contributed by atoms with van der Waals surface area (Å²) in [6, 6.07) is 24.7. The molecular formula is C19H15N3. The van der Waals surface area contributed by atoms with Crippen molar-refractivity contribution in [2.24, 2.45) is 0 Å². The molecule has 0 atom stereocenters. The zero-order valence-corrected chi connectivity index (χ0v) is 12.1. The quantitative estimate of drug-likeness (QED) is 0.418. The van der Waals surface area contributed by atoms with Gasteiger partial charge in [0.15, 0.2) is 0 Å². The molecule has 2 aromatic carbocycles. The van der Waals surface area contributed by atoms with E-state index in [9.17, 15) is 0 Å². The van der Waals surface area contributed by atoms with Crippen LogP contribution in [-0.4, -0.2) is 9.55 Å². The number of imidazole rings is 1. The van der Waals surface area contributed by atoms with Crippen LogP contribution in [0.15, 0.2) is 79.0 Å². The summed E-state index contributed by atoms with van der Waals surface area (Å²) in [5.41, 5.74) is 3.52. The first kappa shape index (κ1) is 12.8. The Morgan fingerprint density at radius 1 is 0.864 bits per heavy atom. The first-order valence-corrected chi connectivity index (χ1v) is 7.30. The molecule has 0 aliphatic rings. The summed E-state index contributed by atoms with van der Waals surface area (Å²) in [6.45, 7) is 0.793. The lowest BCUT2D eigenvalue weighted by Crippen LogP contribution is -2.33. The summed E-state index contributed by atoms with van der Waals surface area (Å²) >= 11 is 0. The van der Waals surface area contributed by atoms with Crippen LogP contribution in [-0.2, 0) is 6.54 Å². The predicted molar refractivity (Wildman–Crippen MR) is 85.6 cm³/mol. The smallest absolute Gasteiger partial charge is 0.245 e. The lowest BCUT2D eigenvalue weighted by atomic mass is 10.2. The van der Waals surface area contributed by atoms with E-state index in [-0.39, 0.29) is 0 Å². The fourth-order valence-corrected chi connectivity index (χ4v) is 2.66. The van der Waals surface area contributed by atoms with E-state index >= 15 is 0 Å². The summed E-state index contributed by atoms with van der Waals surface area (Å²) < 4.78 is 4.15. The molecule has 106 valence electrons. The van der Waals surface area contributed by atoms with Crippen LogP contribution in [0.3, 0.4) is 0 Å². The Hall–Kier alpha value is -2.94. The first-order valence-electron chi connectivity index (χ1n) is 7.30. The van der Waals surface area contributed by atoms with E-state index in [2.05, 4.69) is 58.3 Å². The number of nitrogens with zero attached hydrogens (tertiary/aromatic N) is 3. The van der Waals surface area contributed by atoms with Gasteiger partial charge in [-0.2, -0.15) is 0 Å². The molecule has 0 fully saturated rings. The van der Waals surface area contributed by atoms with Gasteiger partial charge in [-0.3, -0.25) is 4.98 Å². The molecule has 3 nitrogen and oxygen atoms in total. The predicted octanol–water partition coefficient (Wildman–Crippen LogP) is 3.16. The maximum atomic E-state index is 4.44. The minimum Gasteiger partial charge on any atom is -0.309 e. The number of fused-ring (bicyclic) bond motifs is 1. The number of rotatable bonds is 3. The summed E-state index contributed by atoms with van der Waals surface area (Å²) in [5.74, 6) is 0.880. The molecule has 4 rings (SSSR count). The Bertz CT molecular complexity index is 896. The number of aromatic nitrogens is 3. The SMILES string of the molecule is [c-]1n(-c2ccccn2)c2ccccc2[n+]1Cc1ccccc1. The van der Waals surface area contributed by atoms with Crippen molar-refractivity contribution in [1.29, 1.82) is 0 Å². The summed E-state index contributed by atoms with van der Waals surface area (Å²) in [7, 11) is 0. The van der Waals surface area contributed by atoms with Crippen molar-refractivity contribution in [2.75, 3.05) is 0 Å². The lowest BCUT2D eigenvalue weighted by molar-refractivity contribution is -0.667. The van der Waals surface area contributed by atoms with Gasteiger partial charge in [0.2, 0.25) is 6.33 Å². The average Bonchev–Trinajstić information content (AvgIpc) is 2.96. The van der Waals surface area contributed by atoms with Crippen molar-refractivity contribution in [1.82, 2.24) is 9.55 Å². The molecule has 0 spiro atoms. The maximum absolute atomic E-state index is 4.44. The minimum absolute atomic E-state index is 0.793. The maximum Gasteiger partial charge on any atom is 0.245 e. The summed E-state index contributed by atoms with van der Waals surface area (Å²) in [5, 5.41) is 0. The third-order valence-corrected chi connectivity index (χ3v) is 3.70. The highest BCUT2D eigenvalue weighted by Crippen LogP contribution is 2.15. The second kappa shape index (κ2) is 5.45. The van der Waals surface area contributed by atoms with Crippen LogP contribution >= 0.6 is 0 Å². The molecule has 0 aliphatic heterocycles. The van der Waals surface area contributed by atoms with Gasteiger partial charge in [0.05, 0.1) is 17.6 Å². The number of para-hydroxylation sites is 2. The van der Waals surface area contributed by atoms with Crippen LogP contribution in [0.5, 0.6) is 0 Å². The third-order valence-electron chi connectivity index (χ3n) is 3.70. The standard InChI is InChI=1S/C19H15N3/c1-2-8-16(9-3-1)14-21-15-22(19-12-6-7-13-20-19)18-11-5-4-10-17(18)21/h1-13H,14H2. The van der Waals surface area contributed by atoms with Crippen LogP contribution in [0.2, 0.25) is 0 Å². The molecule has 0 radical (unpaired) electrons. The normalized spacial score (nSPS) is 10.9. The van der Waals surface area contributed by atoms with Crippen LogP contribution in [0.1, 0.15) is 5.56 Å². The Morgan fingerprint density at radius 2 is 1.64 bits per heavy atom. The van der Waals surface area contributed by atoms with E-state index < -0.39 is 0 Å². The van der Waals surface area contributed by atoms with Crippen LogP contribution in [0, 0.1) is 6.33 Å². The van der Waals surface area contributed by atoms with Crippen molar-refractivity contribution in [3.05, 3.63) is 90.9 Å². The van der Waals surface area contributed by atoms with Gasteiger partial charge in [-0.1, -0.05) is 60.7 Å². The van der Waals surface area contributed by atoms with Gasteiger partial charge in [0, 0.05) is 6.20 Å². The van der Waals surface area contributed by atoms with E-state index in [1.807, 2.05) is 34.9 Å². The first-order chi connectivity index (χ1) is 10.9. The molecule has 0 bridgehead atoms. The largest absolute Gasteiger partial charge is 0.309 e. The number of pyridine rings is 1. The topological polar surface area (TPSA) is 21.7 Å². The van der Waals surface area contributed by atoms with Gasteiger partial charge in [-0.05, 0) is 17.7 Å². The Morgan fingerprint density at radius 3 is 2.45 bits per heavy atom. The van der Waals surface area contributed by atoms with E-state index in [0.29, 0.717) is 0 Å². The molecule has 0 aliphatic carbocycles. The van der Waals surface area contributed by atoms with Gasteiger partial charge < -0.3 is 9.13 Å². The van der Waals surface area contributed by atoms with E-state index in [1.165, 1.54) is 5.56 Å². The van der Waals surface area contributed by atoms with Crippen molar-refractivity contribution >= 4 is 11.0 Å². The lowest BCUT2D eigenvalue weighted by Gasteiger charge is -2.02. The Balaban J connectivity index is 1.86. The van der Waals surface area contributed by atoms with Crippen LogP contribution < -0.4 is 4.57 Å². The molecule has 4 aromatic rings. The molecule has 0 saturated carbocycles. The van der Waals surface area contributed by atoms with Crippen LogP contribution in [0.4, 0.5) is 0 Å². The highest BCUT2D eigenvalue weighted by Gasteiger charge is 2.09. The van der Waals surface area contributed by atoms with Gasteiger partial charge in [0.1, 0.15) is 5.82 Å². The Labute approximate surface area is 129 Å². The van der Waals surface area contributed by atoms with E-state index in [1.54, 1.807) is 6.20 Å². The third kappa shape index (κ3) is 2.27. The highest BCUT2D eigenvalue weighted by atomic mass is 15.2. The molecule has 2 heterocycles. The highest BCUT2D eigenvalue weighted by molar-refractivity contribution is 5.73. The zero-order valence-electron chi connectivity index (χ0n) is 12.1. The average molecular weight is 285 g/mol. The van der Waals surface area contributed by atoms with Gasteiger partial charge in [-0.15, -0.1) is 0 Å². The van der Waals surface area contributed by atoms with Crippen molar-refractivity contribution in [3.8, 4) is 5.82 Å². The van der Waals surface area contributed by atoms with Gasteiger partial charge in [0.25, 0.3) is 0 Å². The van der Waals surface area contributed by atoms with Crippen molar-refractivity contribution in [3.63, 3.8) is 0 Å². The molecule has 2 aromatic heterocycles. The zero-order chi connectivity index (χ0) is 14.8. The number of hydrogen-bond acceptors (Lipinski definition) is 1. The van der Waals surface area contributed by atoms with E-state index in [4.69, 9.17) is 0 Å². The summed E-state index contributed by atoms with van der Waals surface area (Å²) in [6.07, 6.45) is 5.23. The molecule has 0 amide bonds. The number of hydrogen-bond donors (Lipinski definition) is 0. The van der Waals surface area contributed by atoms with Crippen molar-refractivity contribution < 1.29 is 4.57 Å². The fraction of sp³-hybridized carbons (Fsp3) is 0.0526. The van der Waals surface area contributed by atoms with Crippen LogP contribution in [0.25, 0.3) is 16.9 Å². The molecule has 0 unspecified atom stereocenters. The van der Waals surface area contributed by atoms with Crippen molar-refractivity contribution in [2.45, 2.75) is 6.54 Å².